The molecule has 0 aromatic heterocycles. The number of fused-ring (bicyclic) bond motifs is 1. The number of hydrogen-bond acceptors (Lipinski definition) is 4. The summed E-state index contributed by atoms with van der Waals surface area (Å²) in [6.07, 6.45) is 1.12. The van der Waals surface area contributed by atoms with Crippen molar-refractivity contribution in [1.82, 2.24) is 4.90 Å². The lowest BCUT2D eigenvalue weighted by Crippen LogP contribution is -2.29. The molecule has 2 aliphatic rings. The topological polar surface area (TPSA) is 41.6 Å². The van der Waals surface area contributed by atoms with Crippen molar-refractivity contribution >= 4 is 22.6 Å². The molecule has 0 bridgehead atoms. The van der Waals surface area contributed by atoms with Gasteiger partial charge in [0.2, 0.25) is 0 Å². The van der Waals surface area contributed by atoms with Crippen LogP contribution < -0.4 is 5.73 Å². The van der Waals surface area contributed by atoms with E-state index in [1.54, 1.807) is 11.8 Å². The van der Waals surface area contributed by atoms with Crippen LogP contribution in [0.2, 0.25) is 0 Å². The number of nitrogens with two attached hydrogens (primary N) is 1. The molecule has 3 rings (SSSR count). The zero-order valence-corrected chi connectivity index (χ0v) is 11.3. The van der Waals surface area contributed by atoms with Gasteiger partial charge in [0.05, 0.1) is 5.70 Å². The lowest BCUT2D eigenvalue weighted by atomic mass is 10.1. The van der Waals surface area contributed by atoms with Gasteiger partial charge in [-0.2, -0.15) is 0 Å². The van der Waals surface area contributed by atoms with Crippen LogP contribution in [0.3, 0.4) is 0 Å². The van der Waals surface area contributed by atoms with Crippen molar-refractivity contribution in [3.8, 4) is 0 Å². The molecule has 0 saturated carbocycles. The average molecular weight is 259 g/mol. The molecule has 0 saturated heterocycles. The van der Waals surface area contributed by atoms with E-state index in [9.17, 15) is 0 Å². The summed E-state index contributed by atoms with van der Waals surface area (Å²) in [5.74, 6) is 0. The van der Waals surface area contributed by atoms with Crippen molar-refractivity contribution in [1.29, 1.82) is 0 Å². The van der Waals surface area contributed by atoms with Crippen LogP contribution in [0.4, 0.5) is 0 Å². The smallest absolute Gasteiger partial charge is 0.168 e. The molecule has 0 atom stereocenters. The van der Waals surface area contributed by atoms with Gasteiger partial charge in [-0.15, -0.1) is 0 Å². The number of aryl methyl sites for hydroxylation is 1. The van der Waals surface area contributed by atoms with Crippen LogP contribution in [-0.2, 0) is 0 Å². The largest absolute Gasteiger partial charge is 0.326 e. The van der Waals surface area contributed by atoms with Gasteiger partial charge in [0.1, 0.15) is 0 Å². The first-order valence-corrected chi connectivity index (χ1v) is 7.11. The van der Waals surface area contributed by atoms with Gasteiger partial charge in [-0.05, 0) is 18.9 Å². The van der Waals surface area contributed by atoms with Gasteiger partial charge in [0.25, 0.3) is 0 Å². The Hall–Kier alpha value is -1.26. The Morgan fingerprint density at radius 2 is 2.11 bits per heavy atom. The minimum Gasteiger partial charge on any atom is -0.326 e. The summed E-state index contributed by atoms with van der Waals surface area (Å²) in [5.41, 5.74) is 9.68. The Kier molecular flexibility index (Phi) is 3.14. The summed E-state index contributed by atoms with van der Waals surface area (Å²) in [7, 11) is 0. The highest BCUT2D eigenvalue weighted by atomic mass is 32.2. The Balaban J connectivity index is 2.04. The second kappa shape index (κ2) is 4.78. The van der Waals surface area contributed by atoms with Crippen molar-refractivity contribution in [2.45, 2.75) is 13.3 Å². The second-order valence-corrected chi connectivity index (χ2v) is 5.68. The molecule has 2 heterocycles. The summed E-state index contributed by atoms with van der Waals surface area (Å²) in [4.78, 5) is 8.15. The molecular formula is C14H17N3S. The van der Waals surface area contributed by atoms with Crippen LogP contribution in [-0.4, -0.2) is 29.7 Å². The fourth-order valence-corrected chi connectivity index (χ4v) is 3.43. The maximum atomic E-state index is 5.89. The normalized spacial score (nSPS) is 19.0. The van der Waals surface area contributed by atoms with E-state index < -0.39 is 0 Å². The molecule has 0 radical (unpaired) electrons. The maximum absolute atomic E-state index is 5.89. The van der Waals surface area contributed by atoms with Gasteiger partial charge in [0.15, 0.2) is 5.17 Å². The van der Waals surface area contributed by atoms with Crippen molar-refractivity contribution in [2.75, 3.05) is 19.6 Å². The number of amidine groups is 1. The minimum atomic E-state index is 0.587. The molecule has 0 aliphatic carbocycles. The van der Waals surface area contributed by atoms with Gasteiger partial charge in [-0.1, -0.05) is 41.6 Å². The zero-order valence-electron chi connectivity index (χ0n) is 10.5. The first kappa shape index (κ1) is 11.8. The van der Waals surface area contributed by atoms with Gasteiger partial charge in [-0.25, -0.2) is 0 Å². The predicted octanol–water partition coefficient (Wildman–Crippen LogP) is 2.43. The third-order valence-corrected chi connectivity index (χ3v) is 4.42. The van der Waals surface area contributed by atoms with E-state index in [0.29, 0.717) is 6.54 Å². The number of nitrogens with zero attached hydrogens (tertiary/aromatic N) is 2. The van der Waals surface area contributed by atoms with Gasteiger partial charge < -0.3 is 10.6 Å². The molecule has 3 nitrogen and oxygen atoms in total. The van der Waals surface area contributed by atoms with Gasteiger partial charge in [-0.3, -0.25) is 4.99 Å². The van der Waals surface area contributed by atoms with Crippen LogP contribution in [0.5, 0.6) is 0 Å². The molecule has 2 aliphatic heterocycles. The highest BCUT2D eigenvalue weighted by Gasteiger charge is 2.30. The highest BCUT2D eigenvalue weighted by Crippen LogP contribution is 2.40. The summed E-state index contributed by atoms with van der Waals surface area (Å²) in [5, 5.41) is 1.12. The number of benzene rings is 1. The molecule has 18 heavy (non-hydrogen) atoms. The molecule has 2 N–H and O–H groups in total. The molecular weight excluding hydrogens is 242 g/mol. The Morgan fingerprint density at radius 1 is 1.33 bits per heavy atom. The van der Waals surface area contributed by atoms with E-state index in [1.807, 2.05) is 0 Å². The van der Waals surface area contributed by atoms with E-state index >= 15 is 0 Å². The maximum Gasteiger partial charge on any atom is 0.168 e. The van der Waals surface area contributed by atoms with Crippen molar-refractivity contribution < 1.29 is 0 Å². The fourth-order valence-electron chi connectivity index (χ4n) is 2.35. The van der Waals surface area contributed by atoms with Crippen LogP contribution in [0.1, 0.15) is 17.5 Å². The first-order valence-electron chi connectivity index (χ1n) is 6.29. The number of hydrogen-bond donors (Lipinski definition) is 1. The number of aliphatic imine (C=N–C) groups is 1. The summed E-state index contributed by atoms with van der Waals surface area (Å²) in [6, 6.07) is 8.66. The standard InChI is InChI=1S/C14H17N3S/c1-10-3-5-11(6-4-10)13-12(9-15)18-14-16-7-2-8-17(13)14/h3-6H,2,7-9,15H2,1H3. The molecule has 0 amide bonds. The number of rotatable bonds is 2. The molecule has 94 valence electrons. The highest BCUT2D eigenvalue weighted by molar-refractivity contribution is 8.17. The minimum absolute atomic E-state index is 0.587. The predicted molar refractivity (Wildman–Crippen MR) is 78.4 cm³/mol. The fraction of sp³-hybridized carbons (Fsp3) is 0.357. The van der Waals surface area contributed by atoms with Crippen LogP contribution in [0.15, 0.2) is 34.2 Å². The molecule has 0 spiro atoms. The Bertz CT molecular complexity index is 516. The summed E-state index contributed by atoms with van der Waals surface area (Å²) >= 11 is 1.73. The zero-order chi connectivity index (χ0) is 12.5. The second-order valence-electron chi connectivity index (χ2n) is 4.61. The van der Waals surface area contributed by atoms with E-state index in [4.69, 9.17) is 5.73 Å². The van der Waals surface area contributed by atoms with Crippen molar-refractivity contribution in [3.05, 3.63) is 40.3 Å². The van der Waals surface area contributed by atoms with Crippen LogP contribution in [0.25, 0.3) is 5.70 Å². The first-order chi connectivity index (χ1) is 8.79. The summed E-state index contributed by atoms with van der Waals surface area (Å²) in [6.45, 7) is 4.69. The third kappa shape index (κ3) is 1.95. The molecule has 4 heteroatoms. The SMILES string of the molecule is Cc1ccc(C2=C(CN)SC3=NCCCN32)cc1. The van der Waals surface area contributed by atoms with Crippen molar-refractivity contribution in [3.63, 3.8) is 0 Å². The Labute approximate surface area is 112 Å². The van der Waals surface area contributed by atoms with E-state index in [2.05, 4.69) is 41.1 Å². The Morgan fingerprint density at radius 3 is 2.83 bits per heavy atom. The van der Waals surface area contributed by atoms with E-state index in [-0.39, 0.29) is 0 Å². The van der Waals surface area contributed by atoms with E-state index in [0.717, 1.165) is 24.7 Å². The third-order valence-electron chi connectivity index (χ3n) is 3.28. The molecule has 0 unspecified atom stereocenters. The molecule has 0 fully saturated rings. The van der Waals surface area contributed by atoms with Gasteiger partial charge >= 0.3 is 0 Å². The quantitative estimate of drug-likeness (QED) is 0.887. The van der Waals surface area contributed by atoms with Gasteiger partial charge in [0, 0.05) is 24.5 Å². The summed E-state index contributed by atoms with van der Waals surface area (Å²) < 4.78 is 0. The molecule has 1 aromatic rings. The van der Waals surface area contributed by atoms with Crippen LogP contribution >= 0.6 is 11.8 Å². The number of thioether (sulfide) groups is 1. The monoisotopic (exact) mass is 259 g/mol. The lowest BCUT2D eigenvalue weighted by Gasteiger charge is -2.25. The average Bonchev–Trinajstić information content (AvgIpc) is 2.78. The molecule has 1 aromatic carbocycles. The lowest BCUT2D eigenvalue weighted by molar-refractivity contribution is 0.540. The van der Waals surface area contributed by atoms with Crippen molar-refractivity contribution in [2.24, 2.45) is 10.7 Å². The van der Waals surface area contributed by atoms with E-state index in [1.165, 1.54) is 21.7 Å². The van der Waals surface area contributed by atoms with Crippen LogP contribution in [0, 0.1) is 6.92 Å².